The Hall–Kier alpha value is -1.44. The summed E-state index contributed by atoms with van der Waals surface area (Å²) >= 11 is 1.52. The number of aromatic nitrogens is 1. The number of aryl methyl sites for hydroxylation is 2. The molecule has 0 saturated heterocycles. The third kappa shape index (κ3) is 3.36. The van der Waals surface area contributed by atoms with Gasteiger partial charge in [0.15, 0.2) is 0 Å². The van der Waals surface area contributed by atoms with Crippen LogP contribution in [0.15, 0.2) is 29.3 Å². The smallest absolute Gasteiger partial charge is 0.240 e. The lowest BCUT2D eigenvalue weighted by atomic mass is 10.2. The fourth-order valence-corrected chi connectivity index (χ4v) is 3.61. The van der Waals surface area contributed by atoms with Gasteiger partial charge in [0.05, 0.1) is 11.4 Å². The van der Waals surface area contributed by atoms with Crippen LogP contribution in [0, 0.1) is 6.92 Å². The highest BCUT2D eigenvalue weighted by atomic mass is 32.2. The van der Waals surface area contributed by atoms with Crippen molar-refractivity contribution in [2.24, 2.45) is 0 Å². The lowest BCUT2D eigenvalue weighted by Crippen LogP contribution is -2.23. The first-order valence-electron chi connectivity index (χ1n) is 6.21. The highest BCUT2D eigenvalue weighted by Crippen LogP contribution is 2.18. The molecule has 0 bridgehead atoms. The number of anilines is 1. The van der Waals surface area contributed by atoms with Crippen molar-refractivity contribution in [3.05, 3.63) is 39.8 Å². The zero-order chi connectivity index (χ0) is 14.8. The molecule has 0 unspecified atom stereocenters. The predicted octanol–water partition coefficient (Wildman–Crippen LogP) is 2.07. The Morgan fingerprint density at radius 1 is 1.40 bits per heavy atom. The number of thiazole rings is 1. The summed E-state index contributed by atoms with van der Waals surface area (Å²) in [4.78, 5) is 5.55. The first-order valence-corrected chi connectivity index (χ1v) is 8.51. The maximum Gasteiger partial charge on any atom is 0.240 e. The van der Waals surface area contributed by atoms with Crippen molar-refractivity contribution >= 4 is 27.0 Å². The molecule has 7 heteroatoms. The second-order valence-corrected chi connectivity index (χ2v) is 7.38. The van der Waals surface area contributed by atoms with Crippen LogP contribution in [-0.2, 0) is 23.0 Å². The number of sulfonamides is 1. The minimum Gasteiger partial charge on any atom is -0.399 e. The Kier molecular flexibility index (Phi) is 4.42. The normalized spacial score (nSPS) is 11.7. The molecule has 108 valence electrons. The second-order valence-electron chi connectivity index (χ2n) is 4.42. The lowest BCUT2D eigenvalue weighted by Gasteiger charge is -2.07. The highest BCUT2D eigenvalue weighted by Gasteiger charge is 2.15. The summed E-state index contributed by atoms with van der Waals surface area (Å²) in [5, 5.41) is 0.762. The molecule has 1 heterocycles. The Balaban J connectivity index is 2.12. The van der Waals surface area contributed by atoms with E-state index in [4.69, 9.17) is 5.73 Å². The molecule has 1 aromatic heterocycles. The van der Waals surface area contributed by atoms with E-state index >= 15 is 0 Å². The van der Waals surface area contributed by atoms with E-state index in [0.29, 0.717) is 5.69 Å². The van der Waals surface area contributed by atoms with Gasteiger partial charge in [0, 0.05) is 16.8 Å². The summed E-state index contributed by atoms with van der Waals surface area (Å²) < 4.78 is 26.9. The van der Waals surface area contributed by atoms with Gasteiger partial charge in [0.1, 0.15) is 5.01 Å². The fourth-order valence-electron chi connectivity index (χ4n) is 1.65. The molecular formula is C13H17N3O2S2. The molecule has 0 aliphatic rings. The quantitative estimate of drug-likeness (QED) is 0.828. The van der Waals surface area contributed by atoms with E-state index in [0.717, 1.165) is 21.9 Å². The van der Waals surface area contributed by atoms with Crippen LogP contribution in [0.3, 0.4) is 0 Å². The van der Waals surface area contributed by atoms with E-state index in [1.807, 2.05) is 6.92 Å². The monoisotopic (exact) mass is 311 g/mol. The van der Waals surface area contributed by atoms with Crippen LogP contribution in [0.4, 0.5) is 5.69 Å². The molecule has 2 rings (SSSR count). The number of hydrogen-bond acceptors (Lipinski definition) is 5. The van der Waals surface area contributed by atoms with Crippen LogP contribution in [-0.4, -0.2) is 13.4 Å². The summed E-state index contributed by atoms with van der Waals surface area (Å²) in [7, 11) is -3.53. The first-order chi connectivity index (χ1) is 9.42. The summed E-state index contributed by atoms with van der Waals surface area (Å²) in [6.07, 6.45) is 2.68. The number of hydrogen-bond donors (Lipinski definition) is 2. The summed E-state index contributed by atoms with van der Waals surface area (Å²) in [5.74, 6) is 0. The minimum atomic E-state index is -3.53. The molecule has 0 spiro atoms. The van der Waals surface area contributed by atoms with E-state index in [-0.39, 0.29) is 11.4 Å². The number of nitrogens with zero attached hydrogens (tertiary/aromatic N) is 1. The topological polar surface area (TPSA) is 85.1 Å². The molecule has 20 heavy (non-hydrogen) atoms. The second kappa shape index (κ2) is 5.90. The van der Waals surface area contributed by atoms with Gasteiger partial charge in [-0.2, -0.15) is 0 Å². The average molecular weight is 311 g/mol. The van der Waals surface area contributed by atoms with E-state index in [2.05, 4.69) is 9.71 Å². The number of nitrogens with two attached hydrogens (primary N) is 1. The van der Waals surface area contributed by atoms with Gasteiger partial charge < -0.3 is 5.73 Å². The summed E-state index contributed by atoms with van der Waals surface area (Å²) in [5.41, 5.74) is 7.02. The number of nitrogens with one attached hydrogen (secondary N) is 1. The molecule has 3 N–H and O–H groups in total. The largest absolute Gasteiger partial charge is 0.399 e. The van der Waals surface area contributed by atoms with Gasteiger partial charge in [-0.15, -0.1) is 11.3 Å². The molecule has 0 atom stereocenters. The van der Waals surface area contributed by atoms with Gasteiger partial charge >= 0.3 is 0 Å². The zero-order valence-corrected chi connectivity index (χ0v) is 13.0. The van der Waals surface area contributed by atoms with Crippen LogP contribution >= 0.6 is 11.3 Å². The average Bonchev–Trinajstić information content (AvgIpc) is 2.87. The Labute approximate surface area is 122 Å². The molecular weight excluding hydrogens is 294 g/mol. The number of rotatable bonds is 5. The van der Waals surface area contributed by atoms with Crippen LogP contribution in [0.1, 0.15) is 22.4 Å². The van der Waals surface area contributed by atoms with Crippen molar-refractivity contribution in [2.45, 2.75) is 31.7 Å². The minimum absolute atomic E-state index is 0.205. The van der Waals surface area contributed by atoms with Crippen molar-refractivity contribution in [3.63, 3.8) is 0 Å². The molecule has 0 fully saturated rings. The molecule has 2 aromatic rings. The van der Waals surface area contributed by atoms with Crippen LogP contribution in [0.5, 0.6) is 0 Å². The Morgan fingerprint density at radius 3 is 2.75 bits per heavy atom. The maximum atomic E-state index is 12.2. The van der Waals surface area contributed by atoms with Crippen molar-refractivity contribution in [2.75, 3.05) is 5.73 Å². The fraction of sp³-hybridized carbons (Fsp3) is 0.308. The molecule has 0 amide bonds. The van der Waals surface area contributed by atoms with E-state index in [1.165, 1.54) is 17.4 Å². The third-order valence-electron chi connectivity index (χ3n) is 2.91. The SMILES string of the molecule is CCc1cnc(CNS(=O)(=O)c2ccc(N)c(C)c2)s1. The van der Waals surface area contributed by atoms with E-state index in [1.54, 1.807) is 25.3 Å². The van der Waals surface area contributed by atoms with Crippen molar-refractivity contribution < 1.29 is 8.42 Å². The third-order valence-corrected chi connectivity index (χ3v) is 5.46. The van der Waals surface area contributed by atoms with E-state index in [9.17, 15) is 8.42 Å². The predicted molar refractivity (Wildman–Crippen MR) is 81.1 cm³/mol. The lowest BCUT2D eigenvalue weighted by molar-refractivity contribution is 0.581. The van der Waals surface area contributed by atoms with Crippen LogP contribution in [0.2, 0.25) is 0 Å². The van der Waals surface area contributed by atoms with Gasteiger partial charge in [-0.3, -0.25) is 0 Å². The maximum absolute atomic E-state index is 12.2. The van der Waals surface area contributed by atoms with Gasteiger partial charge in [-0.25, -0.2) is 18.1 Å². The summed E-state index contributed by atoms with van der Waals surface area (Å²) in [6, 6.07) is 4.67. The molecule has 5 nitrogen and oxygen atoms in total. The summed E-state index contributed by atoms with van der Waals surface area (Å²) in [6.45, 7) is 4.03. The molecule has 0 radical (unpaired) electrons. The van der Waals surface area contributed by atoms with Crippen molar-refractivity contribution in [1.29, 1.82) is 0 Å². The van der Waals surface area contributed by atoms with Crippen molar-refractivity contribution in [3.8, 4) is 0 Å². The van der Waals surface area contributed by atoms with Gasteiger partial charge in [-0.05, 0) is 37.1 Å². The molecule has 1 aromatic carbocycles. The van der Waals surface area contributed by atoms with Gasteiger partial charge in [-0.1, -0.05) is 6.92 Å². The molecule has 0 aliphatic heterocycles. The highest BCUT2D eigenvalue weighted by molar-refractivity contribution is 7.89. The standard InChI is InChI=1S/C13H17N3O2S2/c1-3-10-7-15-13(19-10)8-16-20(17,18)11-4-5-12(14)9(2)6-11/h4-7,16H,3,8,14H2,1-2H3. The number of benzene rings is 1. The Morgan fingerprint density at radius 2 is 2.15 bits per heavy atom. The van der Waals surface area contributed by atoms with Gasteiger partial charge in [0.25, 0.3) is 0 Å². The zero-order valence-electron chi connectivity index (χ0n) is 11.4. The number of nitrogen functional groups attached to an aromatic ring is 1. The molecule has 0 saturated carbocycles. The molecule has 0 aliphatic carbocycles. The van der Waals surface area contributed by atoms with Crippen LogP contribution < -0.4 is 10.5 Å². The van der Waals surface area contributed by atoms with E-state index < -0.39 is 10.0 Å². The van der Waals surface area contributed by atoms with Crippen molar-refractivity contribution in [1.82, 2.24) is 9.71 Å². The van der Waals surface area contributed by atoms with Gasteiger partial charge in [0.2, 0.25) is 10.0 Å². The first kappa shape index (κ1) is 15.0. The Bertz CT molecular complexity index is 708. The van der Waals surface area contributed by atoms with Crippen LogP contribution in [0.25, 0.3) is 0 Å².